The Hall–Kier alpha value is -1.16. The minimum atomic E-state index is -0.634. The molecule has 0 aliphatic heterocycles. The van der Waals surface area contributed by atoms with Crippen LogP contribution >= 0.6 is 0 Å². The van der Waals surface area contributed by atoms with E-state index in [1.165, 1.54) is 13.2 Å². The van der Waals surface area contributed by atoms with Gasteiger partial charge in [0, 0.05) is 23.2 Å². The van der Waals surface area contributed by atoms with E-state index < -0.39 is 11.6 Å². The molecular formula is C12H17F2NO. The maximum absolute atomic E-state index is 13.5. The summed E-state index contributed by atoms with van der Waals surface area (Å²) in [6.45, 7) is 3.72. The van der Waals surface area contributed by atoms with Gasteiger partial charge < -0.3 is 10.5 Å². The van der Waals surface area contributed by atoms with Crippen LogP contribution in [0.15, 0.2) is 12.1 Å². The van der Waals surface area contributed by atoms with E-state index in [0.717, 1.165) is 6.07 Å². The normalized spacial score (nSPS) is 11.6. The van der Waals surface area contributed by atoms with Gasteiger partial charge in [0.15, 0.2) is 0 Å². The third-order valence-corrected chi connectivity index (χ3v) is 2.36. The minimum Gasteiger partial charge on any atom is -0.496 e. The van der Waals surface area contributed by atoms with Crippen molar-refractivity contribution in [2.45, 2.75) is 32.2 Å². The van der Waals surface area contributed by atoms with Crippen LogP contribution < -0.4 is 10.5 Å². The summed E-state index contributed by atoms with van der Waals surface area (Å²) in [5, 5.41) is 0. The third kappa shape index (κ3) is 3.45. The molecule has 90 valence electrons. The number of halogens is 2. The van der Waals surface area contributed by atoms with Crippen LogP contribution in [0, 0.1) is 11.6 Å². The lowest BCUT2D eigenvalue weighted by Gasteiger charge is -2.19. The molecule has 1 aromatic carbocycles. The molecule has 0 bridgehead atoms. The molecule has 0 saturated heterocycles. The minimum absolute atomic E-state index is 0.238. The van der Waals surface area contributed by atoms with Crippen molar-refractivity contribution in [2.24, 2.45) is 5.73 Å². The summed E-state index contributed by atoms with van der Waals surface area (Å²) in [5.74, 6) is -0.979. The van der Waals surface area contributed by atoms with Crippen molar-refractivity contribution in [1.29, 1.82) is 0 Å². The van der Waals surface area contributed by atoms with Crippen LogP contribution in [0.3, 0.4) is 0 Å². The SMILES string of the molecule is COc1cc(F)cc(F)c1CCC(C)(C)N. The summed E-state index contributed by atoms with van der Waals surface area (Å²) < 4.78 is 31.4. The van der Waals surface area contributed by atoms with Gasteiger partial charge >= 0.3 is 0 Å². The lowest BCUT2D eigenvalue weighted by molar-refractivity contribution is 0.393. The maximum Gasteiger partial charge on any atom is 0.133 e. The molecule has 0 amide bonds. The fraction of sp³-hybridized carbons (Fsp3) is 0.500. The molecule has 0 fully saturated rings. The van der Waals surface area contributed by atoms with Crippen LogP contribution in [0.25, 0.3) is 0 Å². The Balaban J connectivity index is 2.94. The average molecular weight is 229 g/mol. The summed E-state index contributed by atoms with van der Waals surface area (Å²) in [6, 6.07) is 2.04. The van der Waals surface area contributed by atoms with E-state index in [2.05, 4.69) is 0 Å². The predicted molar refractivity (Wildman–Crippen MR) is 59.5 cm³/mol. The number of hydrogen-bond acceptors (Lipinski definition) is 2. The molecule has 0 heterocycles. The Bertz CT molecular complexity index is 372. The highest BCUT2D eigenvalue weighted by atomic mass is 19.1. The number of benzene rings is 1. The van der Waals surface area contributed by atoms with E-state index in [1.807, 2.05) is 13.8 Å². The molecule has 1 rings (SSSR count). The molecule has 2 nitrogen and oxygen atoms in total. The lowest BCUT2D eigenvalue weighted by atomic mass is 9.96. The van der Waals surface area contributed by atoms with Crippen LogP contribution in [0.4, 0.5) is 8.78 Å². The molecule has 0 spiro atoms. The molecule has 2 N–H and O–H groups in total. The predicted octanol–water partition coefficient (Wildman–Crippen LogP) is 2.64. The quantitative estimate of drug-likeness (QED) is 0.861. The second-order valence-electron chi connectivity index (χ2n) is 4.56. The van der Waals surface area contributed by atoms with E-state index in [1.54, 1.807) is 0 Å². The molecule has 0 aromatic heterocycles. The molecule has 0 radical (unpaired) electrons. The fourth-order valence-electron chi connectivity index (χ4n) is 1.45. The lowest BCUT2D eigenvalue weighted by Crippen LogP contribution is -2.32. The standard InChI is InChI=1S/C12H17F2NO/c1-12(2,15)5-4-9-10(14)6-8(13)7-11(9)16-3/h6-7H,4-5,15H2,1-3H3. The maximum atomic E-state index is 13.5. The van der Waals surface area contributed by atoms with Gasteiger partial charge in [-0.15, -0.1) is 0 Å². The van der Waals surface area contributed by atoms with Gasteiger partial charge in [0.1, 0.15) is 17.4 Å². The number of nitrogens with two attached hydrogens (primary N) is 1. The molecule has 1 aromatic rings. The first-order chi connectivity index (χ1) is 7.33. The third-order valence-electron chi connectivity index (χ3n) is 2.36. The first kappa shape index (κ1) is 12.9. The Morgan fingerprint density at radius 3 is 2.44 bits per heavy atom. The topological polar surface area (TPSA) is 35.2 Å². The summed E-state index contributed by atoms with van der Waals surface area (Å²) in [7, 11) is 1.39. The van der Waals surface area contributed by atoms with E-state index in [-0.39, 0.29) is 11.3 Å². The van der Waals surface area contributed by atoms with E-state index in [4.69, 9.17) is 10.5 Å². The smallest absolute Gasteiger partial charge is 0.133 e. The van der Waals surface area contributed by atoms with Gasteiger partial charge in [0.2, 0.25) is 0 Å². The molecular weight excluding hydrogens is 212 g/mol. The zero-order valence-electron chi connectivity index (χ0n) is 9.81. The van der Waals surface area contributed by atoms with E-state index in [9.17, 15) is 8.78 Å². The van der Waals surface area contributed by atoms with Crippen molar-refractivity contribution < 1.29 is 13.5 Å². The van der Waals surface area contributed by atoms with Crippen molar-refractivity contribution in [2.75, 3.05) is 7.11 Å². The van der Waals surface area contributed by atoms with Crippen molar-refractivity contribution in [3.63, 3.8) is 0 Å². The fourth-order valence-corrected chi connectivity index (χ4v) is 1.45. The Labute approximate surface area is 94.4 Å². The molecule has 0 saturated carbocycles. The largest absolute Gasteiger partial charge is 0.496 e. The zero-order chi connectivity index (χ0) is 12.3. The van der Waals surface area contributed by atoms with Gasteiger partial charge in [0.05, 0.1) is 7.11 Å². The van der Waals surface area contributed by atoms with Gasteiger partial charge in [-0.3, -0.25) is 0 Å². The number of hydrogen-bond donors (Lipinski definition) is 1. The first-order valence-corrected chi connectivity index (χ1v) is 5.14. The molecule has 4 heteroatoms. The Kier molecular flexibility index (Phi) is 3.86. The highest BCUT2D eigenvalue weighted by Crippen LogP contribution is 2.25. The molecule has 0 unspecified atom stereocenters. The van der Waals surface area contributed by atoms with Gasteiger partial charge in [-0.25, -0.2) is 8.78 Å². The molecule has 0 atom stereocenters. The van der Waals surface area contributed by atoms with Gasteiger partial charge in [-0.1, -0.05) is 0 Å². The zero-order valence-corrected chi connectivity index (χ0v) is 9.81. The van der Waals surface area contributed by atoms with Gasteiger partial charge in [-0.2, -0.15) is 0 Å². The van der Waals surface area contributed by atoms with Gasteiger partial charge in [-0.05, 0) is 26.7 Å². The van der Waals surface area contributed by atoms with Crippen LogP contribution in [0.1, 0.15) is 25.8 Å². The van der Waals surface area contributed by atoms with Crippen molar-refractivity contribution >= 4 is 0 Å². The van der Waals surface area contributed by atoms with E-state index >= 15 is 0 Å². The Morgan fingerprint density at radius 1 is 1.31 bits per heavy atom. The van der Waals surface area contributed by atoms with E-state index in [0.29, 0.717) is 18.4 Å². The van der Waals surface area contributed by atoms with Crippen LogP contribution in [-0.4, -0.2) is 12.6 Å². The summed E-state index contributed by atoms with van der Waals surface area (Å²) >= 11 is 0. The number of methoxy groups -OCH3 is 1. The molecule has 0 aliphatic rings. The summed E-state index contributed by atoms with van der Waals surface area (Å²) in [5.41, 5.74) is 5.81. The van der Waals surface area contributed by atoms with Crippen molar-refractivity contribution in [3.05, 3.63) is 29.3 Å². The van der Waals surface area contributed by atoms with Crippen molar-refractivity contribution in [1.82, 2.24) is 0 Å². The van der Waals surface area contributed by atoms with Crippen LogP contribution in [-0.2, 0) is 6.42 Å². The monoisotopic (exact) mass is 229 g/mol. The number of ether oxygens (including phenoxy) is 1. The summed E-state index contributed by atoms with van der Waals surface area (Å²) in [6.07, 6.45) is 1.03. The Morgan fingerprint density at radius 2 is 1.94 bits per heavy atom. The van der Waals surface area contributed by atoms with Crippen molar-refractivity contribution in [3.8, 4) is 5.75 Å². The molecule has 0 aliphatic carbocycles. The average Bonchev–Trinajstić information content (AvgIpc) is 2.13. The van der Waals surface area contributed by atoms with Gasteiger partial charge in [0.25, 0.3) is 0 Å². The highest BCUT2D eigenvalue weighted by Gasteiger charge is 2.16. The number of rotatable bonds is 4. The highest BCUT2D eigenvalue weighted by molar-refractivity contribution is 5.35. The van der Waals surface area contributed by atoms with Crippen LogP contribution in [0.5, 0.6) is 5.75 Å². The van der Waals surface area contributed by atoms with Crippen LogP contribution in [0.2, 0.25) is 0 Å². The summed E-state index contributed by atoms with van der Waals surface area (Å²) in [4.78, 5) is 0. The second kappa shape index (κ2) is 4.78. The molecule has 16 heavy (non-hydrogen) atoms. The second-order valence-corrected chi connectivity index (χ2v) is 4.56. The first-order valence-electron chi connectivity index (χ1n) is 5.14.